The first kappa shape index (κ1) is 8.70. The summed E-state index contributed by atoms with van der Waals surface area (Å²) in [5.41, 5.74) is 1.27. The van der Waals surface area contributed by atoms with Crippen molar-refractivity contribution >= 4 is 15.9 Å². The van der Waals surface area contributed by atoms with E-state index in [1.807, 2.05) is 19.1 Å². The first-order chi connectivity index (χ1) is 4.35. The van der Waals surface area contributed by atoms with Crippen molar-refractivity contribution in [2.75, 3.05) is 5.33 Å². The molecule has 9 heavy (non-hydrogen) atoms. The molecule has 0 unspecified atom stereocenters. The van der Waals surface area contributed by atoms with Crippen LogP contribution in [0, 0.1) is 0 Å². The molecule has 0 nitrogen and oxygen atoms in total. The highest BCUT2D eigenvalue weighted by atomic mass is 79.9. The van der Waals surface area contributed by atoms with Gasteiger partial charge < -0.3 is 0 Å². The van der Waals surface area contributed by atoms with E-state index in [-0.39, 0.29) is 0 Å². The van der Waals surface area contributed by atoms with Gasteiger partial charge in [0.25, 0.3) is 0 Å². The molecule has 0 radical (unpaired) electrons. The number of halogens is 1. The Bertz CT molecular complexity index is 132. The summed E-state index contributed by atoms with van der Waals surface area (Å²) < 4.78 is 0. The molecule has 0 fully saturated rings. The van der Waals surface area contributed by atoms with E-state index in [0.29, 0.717) is 0 Å². The van der Waals surface area contributed by atoms with Crippen molar-refractivity contribution in [2.24, 2.45) is 0 Å². The molecule has 1 heteroatoms. The quantitative estimate of drug-likeness (QED) is 0.470. The molecule has 0 aromatic rings. The Hall–Kier alpha value is -0.300. The van der Waals surface area contributed by atoms with Gasteiger partial charge in [-0.15, -0.1) is 0 Å². The summed E-state index contributed by atoms with van der Waals surface area (Å²) in [4.78, 5) is 0. The second kappa shape index (κ2) is 5.83. The summed E-state index contributed by atoms with van der Waals surface area (Å²) in [5.74, 6) is 0. The summed E-state index contributed by atoms with van der Waals surface area (Å²) in [7, 11) is 0. The van der Waals surface area contributed by atoms with Gasteiger partial charge >= 0.3 is 0 Å². The van der Waals surface area contributed by atoms with E-state index in [2.05, 4.69) is 28.6 Å². The molecule has 0 aliphatic heterocycles. The van der Waals surface area contributed by atoms with Crippen molar-refractivity contribution in [3.8, 4) is 0 Å². The average molecular weight is 187 g/mol. The molecule has 0 N–H and O–H groups in total. The van der Waals surface area contributed by atoms with Crippen LogP contribution in [0.1, 0.15) is 6.92 Å². The fourth-order valence-corrected chi connectivity index (χ4v) is 0.920. The lowest BCUT2D eigenvalue weighted by Crippen LogP contribution is -1.74. The highest BCUT2D eigenvalue weighted by Crippen LogP contribution is 2.00. The summed E-state index contributed by atoms with van der Waals surface area (Å²) >= 11 is 3.35. The fourth-order valence-electron chi connectivity index (χ4n) is 0.410. The topological polar surface area (TPSA) is 0 Å². The molecule has 0 atom stereocenters. The average Bonchev–Trinajstić information content (AvgIpc) is 1.91. The summed E-state index contributed by atoms with van der Waals surface area (Å²) in [6, 6.07) is 0. The lowest BCUT2D eigenvalue weighted by molar-refractivity contribution is 1.51. The molecule has 0 aromatic carbocycles. The molecule has 0 aliphatic rings. The second-order valence-electron chi connectivity index (χ2n) is 1.59. The van der Waals surface area contributed by atoms with Crippen LogP contribution in [0.4, 0.5) is 0 Å². The van der Waals surface area contributed by atoms with Crippen LogP contribution in [-0.4, -0.2) is 5.33 Å². The molecular formula is C8H11Br. The van der Waals surface area contributed by atoms with Gasteiger partial charge in [0.15, 0.2) is 0 Å². The minimum absolute atomic E-state index is 0.911. The van der Waals surface area contributed by atoms with Crippen molar-refractivity contribution in [3.63, 3.8) is 0 Å². The van der Waals surface area contributed by atoms with Crippen LogP contribution in [0.5, 0.6) is 0 Å². The normalized spacial score (nSPS) is 12.4. The zero-order chi connectivity index (χ0) is 7.11. The molecule has 0 amide bonds. The zero-order valence-corrected chi connectivity index (χ0v) is 7.19. The maximum Gasteiger partial charge on any atom is 0.0279 e. The standard InChI is InChI=1S/C8H11Br/c1-3-5-6-8(4-2)7-9/h3-6H,1,7H2,2H3/b6-5-,8-4+. The first-order valence-corrected chi connectivity index (χ1v) is 3.97. The number of hydrogen-bond acceptors (Lipinski definition) is 0. The Morgan fingerprint density at radius 2 is 2.33 bits per heavy atom. The molecule has 0 bridgehead atoms. The number of allylic oxidation sites excluding steroid dienone is 5. The maximum absolute atomic E-state index is 3.57. The smallest absolute Gasteiger partial charge is 0.0279 e. The Labute approximate surface area is 65.1 Å². The van der Waals surface area contributed by atoms with Gasteiger partial charge in [0.2, 0.25) is 0 Å². The van der Waals surface area contributed by atoms with E-state index in [4.69, 9.17) is 0 Å². The van der Waals surface area contributed by atoms with E-state index in [0.717, 1.165) is 5.33 Å². The molecular weight excluding hydrogens is 176 g/mol. The van der Waals surface area contributed by atoms with E-state index >= 15 is 0 Å². The highest BCUT2D eigenvalue weighted by Gasteiger charge is 1.81. The monoisotopic (exact) mass is 186 g/mol. The number of alkyl halides is 1. The third kappa shape index (κ3) is 4.22. The highest BCUT2D eigenvalue weighted by molar-refractivity contribution is 9.09. The van der Waals surface area contributed by atoms with Crippen molar-refractivity contribution in [1.29, 1.82) is 0 Å². The summed E-state index contributed by atoms with van der Waals surface area (Å²) in [6.07, 6.45) is 7.79. The van der Waals surface area contributed by atoms with Crippen LogP contribution in [0.3, 0.4) is 0 Å². The Morgan fingerprint density at radius 1 is 1.67 bits per heavy atom. The lowest BCUT2D eigenvalue weighted by atomic mass is 10.3. The number of hydrogen-bond donors (Lipinski definition) is 0. The third-order valence-corrected chi connectivity index (χ3v) is 1.62. The van der Waals surface area contributed by atoms with Crippen LogP contribution >= 0.6 is 15.9 Å². The van der Waals surface area contributed by atoms with Crippen LogP contribution in [-0.2, 0) is 0 Å². The van der Waals surface area contributed by atoms with E-state index < -0.39 is 0 Å². The number of rotatable bonds is 3. The first-order valence-electron chi connectivity index (χ1n) is 2.85. The molecule has 0 aliphatic carbocycles. The van der Waals surface area contributed by atoms with Gasteiger partial charge in [-0.1, -0.05) is 46.8 Å². The summed E-state index contributed by atoms with van der Waals surface area (Å²) in [6.45, 7) is 5.59. The van der Waals surface area contributed by atoms with E-state index in [9.17, 15) is 0 Å². The lowest BCUT2D eigenvalue weighted by Gasteiger charge is -1.89. The molecule has 0 aromatic heterocycles. The Balaban J connectivity index is 3.84. The van der Waals surface area contributed by atoms with E-state index in [1.54, 1.807) is 6.08 Å². The van der Waals surface area contributed by atoms with Gasteiger partial charge in [-0.2, -0.15) is 0 Å². The van der Waals surface area contributed by atoms with Crippen LogP contribution < -0.4 is 0 Å². The van der Waals surface area contributed by atoms with Gasteiger partial charge in [-0.05, 0) is 12.5 Å². The minimum Gasteiger partial charge on any atom is -0.0991 e. The van der Waals surface area contributed by atoms with Crippen LogP contribution in [0.25, 0.3) is 0 Å². The maximum atomic E-state index is 3.57. The van der Waals surface area contributed by atoms with Gasteiger partial charge in [0.1, 0.15) is 0 Å². The van der Waals surface area contributed by atoms with Crippen LogP contribution in [0.2, 0.25) is 0 Å². The predicted molar refractivity (Wildman–Crippen MR) is 46.9 cm³/mol. The molecule has 0 rings (SSSR count). The molecule has 0 heterocycles. The fraction of sp³-hybridized carbons (Fsp3) is 0.250. The molecule has 50 valence electrons. The zero-order valence-electron chi connectivity index (χ0n) is 5.60. The van der Waals surface area contributed by atoms with Crippen molar-refractivity contribution in [1.82, 2.24) is 0 Å². The summed E-state index contributed by atoms with van der Waals surface area (Å²) in [5, 5.41) is 0.911. The Morgan fingerprint density at radius 3 is 2.67 bits per heavy atom. The predicted octanol–water partition coefficient (Wildman–Crippen LogP) is 3.07. The Kier molecular flexibility index (Phi) is 5.64. The van der Waals surface area contributed by atoms with Gasteiger partial charge in [-0.3, -0.25) is 0 Å². The van der Waals surface area contributed by atoms with Crippen molar-refractivity contribution in [3.05, 3.63) is 36.5 Å². The van der Waals surface area contributed by atoms with Gasteiger partial charge in [0, 0.05) is 5.33 Å². The van der Waals surface area contributed by atoms with E-state index in [1.165, 1.54) is 5.57 Å². The SMILES string of the molecule is C=C/C=C\C(=C/C)CBr. The third-order valence-electron chi connectivity index (χ3n) is 0.971. The van der Waals surface area contributed by atoms with Crippen LogP contribution in [0.15, 0.2) is 36.5 Å². The largest absolute Gasteiger partial charge is 0.0991 e. The molecule has 0 saturated carbocycles. The van der Waals surface area contributed by atoms with Gasteiger partial charge in [-0.25, -0.2) is 0 Å². The van der Waals surface area contributed by atoms with Gasteiger partial charge in [0.05, 0.1) is 0 Å². The molecule has 0 saturated heterocycles. The van der Waals surface area contributed by atoms with Crippen molar-refractivity contribution < 1.29 is 0 Å². The molecule has 0 spiro atoms. The second-order valence-corrected chi connectivity index (χ2v) is 2.15. The van der Waals surface area contributed by atoms with Crippen molar-refractivity contribution in [2.45, 2.75) is 6.92 Å². The minimum atomic E-state index is 0.911.